The number of ether oxygens (including phenoxy) is 1. The molecule has 1 aliphatic heterocycles. The molecule has 1 fully saturated rings. The topological polar surface area (TPSA) is 142 Å². The number of amides is 3. The van der Waals surface area contributed by atoms with Crippen molar-refractivity contribution in [2.75, 3.05) is 6.54 Å². The lowest BCUT2D eigenvalue weighted by Gasteiger charge is -2.32. The minimum Gasteiger partial charge on any atom is -0.475 e. The number of benzene rings is 1. The standard InChI is InChI=1S/C28H39N3O7/c1-16(2)13-20(23(32)26(35)36)29-24(33)21-11-8-12-31(21)25(34)22(30-27(37)38-28(3,4)5)19-14-17-9-6-7-10-18(17)15-19/h6-7,9-10,16,19-22H,8,11-15H2,1-5H3,(H,29,33)(H,30,37)(H,35,36)/t20?,21-,22?/m0/s1. The molecule has 10 nitrogen and oxygen atoms in total. The number of ketones is 1. The van der Waals surface area contributed by atoms with Gasteiger partial charge in [0, 0.05) is 6.54 Å². The van der Waals surface area contributed by atoms with Gasteiger partial charge in [-0.2, -0.15) is 0 Å². The number of carboxylic acid groups (broad SMARTS) is 1. The second-order valence-corrected chi connectivity index (χ2v) is 11.6. The van der Waals surface area contributed by atoms with Crippen molar-refractivity contribution in [1.29, 1.82) is 0 Å². The maximum Gasteiger partial charge on any atom is 0.408 e. The average Bonchev–Trinajstić information content (AvgIpc) is 3.47. The summed E-state index contributed by atoms with van der Waals surface area (Å²) < 4.78 is 5.44. The van der Waals surface area contributed by atoms with Gasteiger partial charge in [-0.05, 0) is 75.8 Å². The zero-order valence-electron chi connectivity index (χ0n) is 22.8. The Morgan fingerprint density at radius 1 is 1.05 bits per heavy atom. The number of hydrogen-bond acceptors (Lipinski definition) is 6. The highest BCUT2D eigenvalue weighted by atomic mass is 16.6. The van der Waals surface area contributed by atoms with Crippen molar-refractivity contribution in [2.45, 2.75) is 90.4 Å². The molecule has 1 saturated heterocycles. The van der Waals surface area contributed by atoms with Gasteiger partial charge < -0.3 is 25.4 Å². The number of alkyl carbamates (subject to hydrolysis) is 1. The predicted octanol–water partition coefficient (Wildman–Crippen LogP) is 2.47. The summed E-state index contributed by atoms with van der Waals surface area (Å²) in [5.41, 5.74) is 1.47. The molecule has 3 atom stereocenters. The maximum atomic E-state index is 13.9. The van der Waals surface area contributed by atoms with Gasteiger partial charge in [-0.15, -0.1) is 0 Å². The van der Waals surface area contributed by atoms with E-state index in [9.17, 15) is 29.1 Å². The lowest BCUT2D eigenvalue weighted by Crippen LogP contribution is -2.58. The first-order valence-electron chi connectivity index (χ1n) is 13.2. The van der Waals surface area contributed by atoms with Crippen LogP contribution in [0.3, 0.4) is 0 Å². The van der Waals surface area contributed by atoms with Gasteiger partial charge in [-0.1, -0.05) is 38.1 Å². The Kier molecular flexibility index (Phi) is 9.17. The van der Waals surface area contributed by atoms with Crippen LogP contribution in [0, 0.1) is 11.8 Å². The highest BCUT2D eigenvalue weighted by Crippen LogP contribution is 2.31. The van der Waals surface area contributed by atoms with Crippen LogP contribution in [0.15, 0.2) is 24.3 Å². The van der Waals surface area contributed by atoms with Gasteiger partial charge in [0.25, 0.3) is 5.78 Å². The van der Waals surface area contributed by atoms with E-state index in [-0.39, 0.29) is 18.3 Å². The third-order valence-electron chi connectivity index (χ3n) is 6.88. The minimum atomic E-state index is -1.61. The number of aliphatic carboxylic acids is 1. The van der Waals surface area contributed by atoms with Gasteiger partial charge in [-0.3, -0.25) is 14.4 Å². The van der Waals surface area contributed by atoms with Gasteiger partial charge in [0.2, 0.25) is 11.8 Å². The summed E-state index contributed by atoms with van der Waals surface area (Å²) in [6.45, 7) is 9.17. The van der Waals surface area contributed by atoms with Gasteiger partial charge in [0.1, 0.15) is 17.7 Å². The van der Waals surface area contributed by atoms with Crippen molar-refractivity contribution in [3.63, 3.8) is 0 Å². The molecule has 10 heteroatoms. The fourth-order valence-corrected chi connectivity index (χ4v) is 5.25. The van der Waals surface area contributed by atoms with Crippen LogP contribution in [0.25, 0.3) is 0 Å². The van der Waals surface area contributed by atoms with E-state index in [1.807, 2.05) is 38.1 Å². The van der Waals surface area contributed by atoms with Crippen molar-refractivity contribution in [1.82, 2.24) is 15.5 Å². The number of rotatable bonds is 9. The lowest BCUT2D eigenvalue weighted by molar-refractivity contribution is -0.151. The predicted molar refractivity (Wildman–Crippen MR) is 139 cm³/mol. The first-order chi connectivity index (χ1) is 17.8. The Morgan fingerprint density at radius 3 is 2.18 bits per heavy atom. The summed E-state index contributed by atoms with van der Waals surface area (Å²) in [6.07, 6.45) is 1.58. The van der Waals surface area contributed by atoms with Crippen LogP contribution in [0.5, 0.6) is 0 Å². The Labute approximate surface area is 223 Å². The highest BCUT2D eigenvalue weighted by Gasteiger charge is 2.43. The van der Waals surface area contributed by atoms with E-state index in [0.717, 1.165) is 11.1 Å². The highest BCUT2D eigenvalue weighted by molar-refractivity contribution is 6.35. The van der Waals surface area contributed by atoms with Gasteiger partial charge in [0.15, 0.2) is 0 Å². The van der Waals surface area contributed by atoms with Crippen molar-refractivity contribution in [3.8, 4) is 0 Å². The zero-order valence-corrected chi connectivity index (χ0v) is 22.8. The molecule has 208 valence electrons. The lowest BCUT2D eigenvalue weighted by atomic mass is 9.94. The monoisotopic (exact) mass is 529 g/mol. The number of fused-ring (bicyclic) bond motifs is 1. The van der Waals surface area contributed by atoms with Crippen molar-refractivity contribution < 1.29 is 33.8 Å². The molecule has 1 aliphatic carbocycles. The molecule has 0 aromatic heterocycles. The van der Waals surface area contributed by atoms with E-state index in [0.29, 0.717) is 32.2 Å². The van der Waals surface area contributed by atoms with Gasteiger partial charge >= 0.3 is 12.1 Å². The van der Waals surface area contributed by atoms with Crippen LogP contribution < -0.4 is 10.6 Å². The number of carbonyl (C=O) groups is 5. The molecule has 3 N–H and O–H groups in total. The molecule has 1 aromatic carbocycles. The molecule has 3 rings (SSSR count). The van der Waals surface area contributed by atoms with Crippen LogP contribution in [0.2, 0.25) is 0 Å². The van der Waals surface area contributed by atoms with E-state index in [4.69, 9.17) is 4.74 Å². The van der Waals surface area contributed by atoms with E-state index in [1.165, 1.54) is 4.90 Å². The first kappa shape index (κ1) is 29.1. The number of likely N-dealkylation sites (tertiary alicyclic amines) is 1. The maximum absolute atomic E-state index is 13.9. The Morgan fingerprint density at radius 2 is 1.66 bits per heavy atom. The van der Waals surface area contributed by atoms with Crippen LogP contribution in [-0.2, 0) is 36.8 Å². The molecule has 0 saturated carbocycles. The largest absolute Gasteiger partial charge is 0.475 e. The van der Waals surface area contributed by atoms with Crippen molar-refractivity contribution in [3.05, 3.63) is 35.4 Å². The Balaban J connectivity index is 1.81. The molecule has 2 aliphatic rings. The SMILES string of the molecule is CC(C)CC(NC(=O)[C@@H]1CCCN1C(=O)C(NC(=O)OC(C)(C)C)C1Cc2ccccc2C1)C(=O)C(=O)O. The molecule has 3 amide bonds. The summed E-state index contributed by atoms with van der Waals surface area (Å²) >= 11 is 0. The first-order valence-corrected chi connectivity index (χ1v) is 13.2. The van der Waals surface area contributed by atoms with Crippen LogP contribution in [-0.4, -0.2) is 69.9 Å². The van der Waals surface area contributed by atoms with Crippen LogP contribution >= 0.6 is 0 Å². The molecular formula is C28H39N3O7. The number of carboxylic acids is 1. The average molecular weight is 530 g/mol. The van der Waals surface area contributed by atoms with Crippen LogP contribution in [0.4, 0.5) is 4.79 Å². The number of nitrogens with zero attached hydrogens (tertiary/aromatic N) is 1. The number of hydrogen-bond donors (Lipinski definition) is 3. The second kappa shape index (κ2) is 12.0. The summed E-state index contributed by atoms with van der Waals surface area (Å²) in [5, 5.41) is 14.5. The number of carbonyl (C=O) groups excluding carboxylic acids is 4. The van der Waals surface area contributed by atoms with E-state index >= 15 is 0 Å². The fraction of sp³-hybridized carbons (Fsp3) is 0.607. The second-order valence-electron chi connectivity index (χ2n) is 11.6. The third-order valence-corrected chi connectivity index (χ3v) is 6.88. The number of nitrogens with one attached hydrogen (secondary N) is 2. The fourth-order valence-electron chi connectivity index (χ4n) is 5.25. The molecule has 0 spiro atoms. The summed E-state index contributed by atoms with van der Waals surface area (Å²) in [6, 6.07) is 4.91. The molecular weight excluding hydrogens is 490 g/mol. The van der Waals surface area contributed by atoms with E-state index in [2.05, 4.69) is 10.6 Å². The van der Waals surface area contributed by atoms with Crippen molar-refractivity contribution in [2.24, 2.45) is 11.8 Å². The summed E-state index contributed by atoms with van der Waals surface area (Å²) in [5.74, 6) is -3.91. The van der Waals surface area contributed by atoms with E-state index < -0.39 is 53.4 Å². The van der Waals surface area contributed by atoms with Crippen LogP contribution in [0.1, 0.15) is 65.0 Å². The Hall–Kier alpha value is -3.43. The Bertz CT molecular complexity index is 1050. The molecule has 1 heterocycles. The van der Waals surface area contributed by atoms with Crippen molar-refractivity contribution >= 4 is 29.7 Å². The van der Waals surface area contributed by atoms with E-state index in [1.54, 1.807) is 20.8 Å². The molecule has 0 bridgehead atoms. The molecule has 1 aromatic rings. The normalized spacial score (nSPS) is 19.0. The molecule has 38 heavy (non-hydrogen) atoms. The number of Topliss-reactive ketones (excluding diaryl/α,β-unsaturated/α-hetero) is 1. The van der Waals surface area contributed by atoms with Gasteiger partial charge in [0.05, 0.1) is 6.04 Å². The smallest absolute Gasteiger partial charge is 0.408 e. The summed E-state index contributed by atoms with van der Waals surface area (Å²) in [7, 11) is 0. The minimum absolute atomic E-state index is 0.0312. The molecule has 0 radical (unpaired) electrons. The molecule has 2 unspecified atom stereocenters. The third kappa shape index (κ3) is 7.33. The van der Waals surface area contributed by atoms with Gasteiger partial charge in [-0.25, -0.2) is 9.59 Å². The summed E-state index contributed by atoms with van der Waals surface area (Å²) in [4.78, 5) is 64.9. The zero-order chi connectivity index (χ0) is 28.2. The quantitative estimate of drug-likeness (QED) is 0.417.